The van der Waals surface area contributed by atoms with Crippen LogP contribution in [0.3, 0.4) is 0 Å². The lowest BCUT2D eigenvalue weighted by atomic mass is 9.98. The Morgan fingerprint density at radius 2 is 1.45 bits per heavy atom. The second-order valence-corrected chi connectivity index (χ2v) is 6.83. The van der Waals surface area contributed by atoms with E-state index in [0.717, 1.165) is 22.3 Å². The second kappa shape index (κ2) is 7.67. The van der Waals surface area contributed by atoms with E-state index in [-0.39, 0.29) is 18.3 Å². The van der Waals surface area contributed by atoms with Crippen molar-refractivity contribution in [1.82, 2.24) is 5.32 Å². The van der Waals surface area contributed by atoms with Crippen LogP contribution in [-0.4, -0.2) is 28.9 Å². The Balaban J connectivity index is 1.48. The zero-order chi connectivity index (χ0) is 20.4. The first-order chi connectivity index (χ1) is 14.0. The first-order valence-corrected chi connectivity index (χ1v) is 9.18. The lowest BCUT2D eigenvalue weighted by molar-refractivity contribution is -0.139. The number of aromatic hydroxyl groups is 1. The van der Waals surface area contributed by atoms with Gasteiger partial charge in [0.2, 0.25) is 0 Å². The first kappa shape index (κ1) is 18.6. The zero-order valence-electron chi connectivity index (χ0n) is 15.4. The number of aliphatic carboxylic acids is 1. The summed E-state index contributed by atoms with van der Waals surface area (Å²) < 4.78 is 5.40. The molecule has 0 fully saturated rings. The molecule has 1 amide bonds. The average molecular weight is 389 g/mol. The quantitative estimate of drug-likeness (QED) is 0.612. The lowest BCUT2D eigenvalue weighted by Crippen LogP contribution is -2.34. The minimum atomic E-state index is -1.27. The number of benzene rings is 3. The van der Waals surface area contributed by atoms with E-state index in [1.807, 2.05) is 48.5 Å². The Morgan fingerprint density at radius 3 is 2.00 bits per heavy atom. The summed E-state index contributed by atoms with van der Waals surface area (Å²) in [7, 11) is 0. The molecule has 3 N–H and O–H groups in total. The predicted octanol–water partition coefficient (Wildman–Crippen LogP) is 4.06. The number of phenolic OH excluding ortho intramolecular Hbond substituents is 1. The maximum absolute atomic E-state index is 12.3. The van der Waals surface area contributed by atoms with Crippen LogP contribution in [0.25, 0.3) is 11.1 Å². The van der Waals surface area contributed by atoms with Gasteiger partial charge in [0, 0.05) is 5.92 Å². The first-order valence-electron chi connectivity index (χ1n) is 9.18. The second-order valence-electron chi connectivity index (χ2n) is 6.83. The van der Waals surface area contributed by atoms with Crippen molar-refractivity contribution in [2.24, 2.45) is 0 Å². The van der Waals surface area contributed by atoms with Gasteiger partial charge < -0.3 is 20.3 Å². The number of phenols is 1. The van der Waals surface area contributed by atoms with Crippen molar-refractivity contribution < 1.29 is 24.5 Å². The highest BCUT2D eigenvalue weighted by molar-refractivity contribution is 5.82. The summed E-state index contributed by atoms with van der Waals surface area (Å²) in [5.74, 6) is -1.31. The van der Waals surface area contributed by atoms with Gasteiger partial charge in [0.05, 0.1) is 0 Å². The van der Waals surface area contributed by atoms with Crippen LogP contribution < -0.4 is 5.32 Å². The standard InChI is InChI=1S/C23H19NO5/c25-15-11-9-14(10-12-15)21(22(26)27)24-23(28)29-13-20-18-7-3-1-5-16(18)17-6-2-4-8-19(17)20/h1-12,20-21,25H,13H2,(H,24,28)(H,26,27)/t21-/m0/s1. The van der Waals surface area contributed by atoms with Crippen LogP contribution in [-0.2, 0) is 9.53 Å². The molecular weight excluding hydrogens is 370 g/mol. The molecule has 4 rings (SSSR count). The van der Waals surface area contributed by atoms with Crippen molar-refractivity contribution in [3.63, 3.8) is 0 Å². The number of ether oxygens (including phenoxy) is 1. The Kier molecular flexibility index (Phi) is 4.91. The van der Waals surface area contributed by atoms with Crippen molar-refractivity contribution in [1.29, 1.82) is 0 Å². The third kappa shape index (κ3) is 3.65. The van der Waals surface area contributed by atoms with Gasteiger partial charge in [-0.25, -0.2) is 9.59 Å². The molecule has 1 atom stereocenters. The van der Waals surface area contributed by atoms with Gasteiger partial charge in [0.1, 0.15) is 12.4 Å². The van der Waals surface area contributed by atoms with E-state index in [0.29, 0.717) is 5.56 Å². The van der Waals surface area contributed by atoms with Crippen molar-refractivity contribution in [2.45, 2.75) is 12.0 Å². The molecule has 0 aromatic heterocycles. The molecule has 1 aliphatic carbocycles. The number of nitrogens with one attached hydrogen (secondary N) is 1. The van der Waals surface area contributed by atoms with Gasteiger partial charge in [-0.2, -0.15) is 0 Å². The zero-order valence-corrected chi connectivity index (χ0v) is 15.4. The largest absolute Gasteiger partial charge is 0.508 e. The summed E-state index contributed by atoms with van der Waals surface area (Å²) in [6.45, 7) is 0.0990. The molecule has 0 spiro atoms. The number of hydrogen-bond acceptors (Lipinski definition) is 4. The fourth-order valence-corrected chi connectivity index (χ4v) is 3.71. The van der Waals surface area contributed by atoms with E-state index in [4.69, 9.17) is 4.74 Å². The Morgan fingerprint density at radius 1 is 0.897 bits per heavy atom. The minimum absolute atomic E-state index is 0.0130. The number of carboxylic acids is 1. The van der Waals surface area contributed by atoms with Crippen molar-refractivity contribution in [2.75, 3.05) is 6.61 Å². The summed E-state index contributed by atoms with van der Waals surface area (Å²) in [4.78, 5) is 23.9. The molecule has 0 saturated carbocycles. The molecule has 0 radical (unpaired) electrons. The summed E-state index contributed by atoms with van der Waals surface area (Å²) >= 11 is 0. The number of carboxylic acid groups (broad SMARTS) is 1. The highest BCUT2D eigenvalue weighted by atomic mass is 16.5. The third-order valence-electron chi connectivity index (χ3n) is 5.08. The van der Waals surface area contributed by atoms with E-state index < -0.39 is 18.1 Å². The van der Waals surface area contributed by atoms with Crippen LogP contribution in [0, 0.1) is 0 Å². The number of carbonyl (C=O) groups is 2. The van der Waals surface area contributed by atoms with Crippen molar-refractivity contribution in [3.05, 3.63) is 89.5 Å². The van der Waals surface area contributed by atoms with E-state index in [9.17, 15) is 19.8 Å². The highest BCUT2D eigenvalue weighted by Crippen LogP contribution is 2.44. The minimum Gasteiger partial charge on any atom is -0.508 e. The van der Waals surface area contributed by atoms with Crippen LogP contribution in [0.2, 0.25) is 0 Å². The molecule has 0 saturated heterocycles. The molecule has 6 nitrogen and oxygen atoms in total. The van der Waals surface area contributed by atoms with Crippen LogP contribution in [0.5, 0.6) is 5.75 Å². The average Bonchev–Trinajstić information content (AvgIpc) is 3.05. The topological polar surface area (TPSA) is 95.9 Å². The Bertz CT molecular complexity index is 1020. The van der Waals surface area contributed by atoms with Gasteiger partial charge in [-0.15, -0.1) is 0 Å². The Hall–Kier alpha value is -3.80. The number of carbonyl (C=O) groups excluding carboxylic acids is 1. The van der Waals surface area contributed by atoms with Crippen molar-refractivity contribution >= 4 is 12.1 Å². The molecule has 3 aromatic rings. The molecule has 0 aliphatic heterocycles. The van der Waals surface area contributed by atoms with E-state index >= 15 is 0 Å². The van der Waals surface area contributed by atoms with Crippen LogP contribution >= 0.6 is 0 Å². The summed E-state index contributed by atoms with van der Waals surface area (Å²) in [5, 5.41) is 21.2. The molecule has 0 heterocycles. The molecule has 0 unspecified atom stereocenters. The fraction of sp³-hybridized carbons (Fsp3) is 0.130. The van der Waals surface area contributed by atoms with Crippen LogP contribution in [0.1, 0.15) is 28.7 Å². The number of fused-ring (bicyclic) bond motifs is 3. The lowest BCUT2D eigenvalue weighted by Gasteiger charge is -2.17. The number of hydrogen-bond donors (Lipinski definition) is 3. The van der Waals surface area contributed by atoms with Gasteiger partial charge in [-0.3, -0.25) is 0 Å². The van der Waals surface area contributed by atoms with Gasteiger partial charge in [-0.05, 0) is 39.9 Å². The van der Waals surface area contributed by atoms with Gasteiger partial charge >= 0.3 is 12.1 Å². The fourth-order valence-electron chi connectivity index (χ4n) is 3.71. The van der Waals surface area contributed by atoms with E-state index in [1.165, 1.54) is 24.3 Å². The molecule has 0 bridgehead atoms. The molecule has 146 valence electrons. The molecular formula is C23H19NO5. The summed E-state index contributed by atoms with van der Waals surface area (Å²) in [6.07, 6.45) is -0.813. The molecule has 6 heteroatoms. The van der Waals surface area contributed by atoms with Crippen LogP contribution in [0.15, 0.2) is 72.8 Å². The maximum atomic E-state index is 12.3. The third-order valence-corrected chi connectivity index (χ3v) is 5.08. The normalized spacial score (nSPS) is 13.2. The van der Waals surface area contributed by atoms with Crippen LogP contribution in [0.4, 0.5) is 4.79 Å². The summed E-state index contributed by atoms with van der Waals surface area (Å²) in [5.41, 5.74) is 4.72. The van der Waals surface area contributed by atoms with Gasteiger partial charge in [-0.1, -0.05) is 60.7 Å². The number of alkyl carbamates (subject to hydrolysis) is 1. The molecule has 3 aromatic carbocycles. The number of rotatable bonds is 5. The van der Waals surface area contributed by atoms with E-state index in [1.54, 1.807) is 0 Å². The predicted molar refractivity (Wildman–Crippen MR) is 107 cm³/mol. The smallest absolute Gasteiger partial charge is 0.408 e. The van der Waals surface area contributed by atoms with Crippen molar-refractivity contribution in [3.8, 4) is 16.9 Å². The maximum Gasteiger partial charge on any atom is 0.408 e. The highest BCUT2D eigenvalue weighted by Gasteiger charge is 2.30. The van der Waals surface area contributed by atoms with Gasteiger partial charge in [0.15, 0.2) is 6.04 Å². The SMILES string of the molecule is O=C(N[C@H](C(=O)O)c1ccc(O)cc1)OCC1c2ccccc2-c2ccccc21. The molecule has 29 heavy (non-hydrogen) atoms. The number of amides is 1. The monoisotopic (exact) mass is 389 g/mol. The molecule has 1 aliphatic rings. The van der Waals surface area contributed by atoms with Gasteiger partial charge in [0.25, 0.3) is 0 Å². The summed E-state index contributed by atoms with van der Waals surface area (Å²) in [6, 6.07) is 20.3. The van der Waals surface area contributed by atoms with E-state index in [2.05, 4.69) is 5.32 Å². The Labute approximate surface area is 167 Å².